The van der Waals surface area contributed by atoms with E-state index in [4.69, 9.17) is 10.00 Å². The van der Waals surface area contributed by atoms with E-state index in [0.29, 0.717) is 36.7 Å². The van der Waals surface area contributed by atoms with E-state index in [1.165, 1.54) is 0 Å². The number of carbonyl (C=O) groups is 1. The van der Waals surface area contributed by atoms with E-state index in [1.54, 1.807) is 24.0 Å². The van der Waals surface area contributed by atoms with Crippen LogP contribution in [0.3, 0.4) is 0 Å². The Morgan fingerprint density at radius 3 is 2.68 bits per heavy atom. The average Bonchev–Trinajstić information content (AvgIpc) is 2.86. The molecule has 0 bridgehead atoms. The van der Waals surface area contributed by atoms with Crippen molar-refractivity contribution in [1.29, 1.82) is 5.26 Å². The first-order chi connectivity index (χ1) is 11.9. The number of aryl methyl sites for hydroxylation is 3. The molecular weight excluding hydrogens is 318 g/mol. The van der Waals surface area contributed by atoms with E-state index in [-0.39, 0.29) is 11.9 Å². The van der Waals surface area contributed by atoms with Gasteiger partial charge in [0.15, 0.2) is 0 Å². The molecule has 0 N–H and O–H groups in total. The van der Waals surface area contributed by atoms with Gasteiger partial charge in [-0.2, -0.15) is 10.4 Å². The lowest BCUT2D eigenvalue weighted by molar-refractivity contribution is -0.00336. The van der Waals surface area contributed by atoms with Crippen LogP contribution in [0.4, 0.5) is 0 Å². The second-order valence-corrected chi connectivity index (χ2v) is 6.24. The zero-order valence-electron chi connectivity index (χ0n) is 14.9. The standard InChI is InChI=1S/C18H21N5O2/c1-11-14(9-19)5-6-15(20-11)18(24)23-7-8-25-10-16(23)17-12(2)21-22(4)13(17)3/h5-6,16H,7-8,10H2,1-4H3. The third kappa shape index (κ3) is 3.01. The number of aromatic nitrogens is 3. The smallest absolute Gasteiger partial charge is 0.273 e. The van der Waals surface area contributed by atoms with Gasteiger partial charge in [0.1, 0.15) is 11.8 Å². The highest BCUT2D eigenvalue weighted by Crippen LogP contribution is 2.30. The number of nitriles is 1. The van der Waals surface area contributed by atoms with Crippen LogP contribution in [0.1, 0.15) is 44.7 Å². The van der Waals surface area contributed by atoms with E-state index in [9.17, 15) is 4.79 Å². The minimum atomic E-state index is -0.187. The lowest BCUT2D eigenvalue weighted by Crippen LogP contribution is -2.44. The number of rotatable bonds is 2. The van der Waals surface area contributed by atoms with Crippen molar-refractivity contribution < 1.29 is 9.53 Å². The van der Waals surface area contributed by atoms with Crippen LogP contribution in [-0.2, 0) is 11.8 Å². The van der Waals surface area contributed by atoms with Crippen molar-refractivity contribution in [2.75, 3.05) is 19.8 Å². The van der Waals surface area contributed by atoms with Gasteiger partial charge in [0.25, 0.3) is 5.91 Å². The van der Waals surface area contributed by atoms with E-state index < -0.39 is 0 Å². The van der Waals surface area contributed by atoms with Gasteiger partial charge in [0.2, 0.25) is 0 Å². The molecule has 1 unspecified atom stereocenters. The summed E-state index contributed by atoms with van der Waals surface area (Å²) in [5.74, 6) is -0.149. The van der Waals surface area contributed by atoms with Crippen LogP contribution >= 0.6 is 0 Å². The Morgan fingerprint density at radius 2 is 2.08 bits per heavy atom. The number of morpholine rings is 1. The maximum absolute atomic E-state index is 13.1. The van der Waals surface area contributed by atoms with Crippen LogP contribution in [-0.4, -0.2) is 45.3 Å². The molecule has 130 valence electrons. The highest BCUT2D eigenvalue weighted by Gasteiger charge is 2.33. The number of ether oxygens (including phenoxy) is 1. The first kappa shape index (κ1) is 17.1. The molecule has 7 nitrogen and oxygen atoms in total. The average molecular weight is 339 g/mol. The maximum atomic E-state index is 13.1. The molecule has 0 aliphatic carbocycles. The van der Waals surface area contributed by atoms with Crippen molar-refractivity contribution in [3.05, 3.63) is 46.0 Å². The fraction of sp³-hybridized carbons (Fsp3) is 0.444. The highest BCUT2D eigenvalue weighted by molar-refractivity contribution is 5.93. The number of hydrogen-bond donors (Lipinski definition) is 0. The molecule has 1 saturated heterocycles. The molecule has 1 aliphatic rings. The molecule has 0 radical (unpaired) electrons. The molecule has 0 saturated carbocycles. The normalized spacial score (nSPS) is 17.4. The Morgan fingerprint density at radius 1 is 1.32 bits per heavy atom. The van der Waals surface area contributed by atoms with Crippen LogP contribution in [0.25, 0.3) is 0 Å². The van der Waals surface area contributed by atoms with Crippen molar-refractivity contribution in [1.82, 2.24) is 19.7 Å². The Labute approximate surface area is 146 Å². The summed E-state index contributed by atoms with van der Waals surface area (Å²) in [6.45, 7) is 7.12. The molecule has 1 fully saturated rings. The van der Waals surface area contributed by atoms with Crippen LogP contribution in [0, 0.1) is 32.1 Å². The van der Waals surface area contributed by atoms with E-state index in [1.807, 2.05) is 25.6 Å². The van der Waals surface area contributed by atoms with Crippen LogP contribution in [0.5, 0.6) is 0 Å². The van der Waals surface area contributed by atoms with Gasteiger partial charge in [-0.3, -0.25) is 9.48 Å². The molecule has 25 heavy (non-hydrogen) atoms. The summed E-state index contributed by atoms with van der Waals surface area (Å²) in [4.78, 5) is 19.2. The SMILES string of the molecule is Cc1nc(C(=O)N2CCOCC2c2c(C)nn(C)c2C)ccc1C#N. The molecule has 0 aromatic carbocycles. The summed E-state index contributed by atoms with van der Waals surface area (Å²) < 4.78 is 7.46. The van der Waals surface area contributed by atoms with Crippen molar-refractivity contribution in [2.24, 2.45) is 7.05 Å². The first-order valence-electron chi connectivity index (χ1n) is 8.20. The number of carbonyl (C=O) groups excluding carboxylic acids is 1. The van der Waals surface area contributed by atoms with Gasteiger partial charge in [0, 0.05) is 24.8 Å². The van der Waals surface area contributed by atoms with E-state index >= 15 is 0 Å². The van der Waals surface area contributed by atoms with Crippen molar-refractivity contribution >= 4 is 5.91 Å². The molecule has 1 amide bonds. The minimum Gasteiger partial charge on any atom is -0.377 e. The molecule has 3 heterocycles. The zero-order chi connectivity index (χ0) is 18.1. The monoisotopic (exact) mass is 339 g/mol. The predicted molar refractivity (Wildman–Crippen MR) is 91.0 cm³/mol. The molecule has 1 aliphatic heterocycles. The summed E-state index contributed by atoms with van der Waals surface area (Å²) >= 11 is 0. The first-order valence-corrected chi connectivity index (χ1v) is 8.20. The summed E-state index contributed by atoms with van der Waals surface area (Å²) in [5, 5.41) is 13.5. The molecule has 7 heteroatoms. The van der Waals surface area contributed by atoms with Crippen LogP contribution < -0.4 is 0 Å². The molecule has 3 rings (SSSR count). The van der Waals surface area contributed by atoms with Crippen LogP contribution in [0.15, 0.2) is 12.1 Å². The lowest BCUT2D eigenvalue weighted by Gasteiger charge is -2.36. The molecule has 0 spiro atoms. The number of nitrogens with zero attached hydrogens (tertiary/aromatic N) is 5. The lowest BCUT2D eigenvalue weighted by atomic mass is 10.0. The third-order valence-corrected chi connectivity index (χ3v) is 4.71. The Hall–Kier alpha value is -2.72. The zero-order valence-corrected chi connectivity index (χ0v) is 14.9. The summed E-state index contributed by atoms with van der Waals surface area (Å²) in [7, 11) is 1.90. The summed E-state index contributed by atoms with van der Waals surface area (Å²) in [5.41, 5.74) is 4.34. The Balaban J connectivity index is 1.97. The fourth-order valence-electron chi connectivity index (χ4n) is 3.30. The van der Waals surface area contributed by atoms with Gasteiger partial charge in [-0.15, -0.1) is 0 Å². The Bertz CT molecular complexity index is 865. The van der Waals surface area contributed by atoms with E-state index in [2.05, 4.69) is 16.2 Å². The molecule has 2 aromatic rings. The number of hydrogen-bond acceptors (Lipinski definition) is 5. The number of pyridine rings is 1. The van der Waals surface area contributed by atoms with Gasteiger partial charge >= 0.3 is 0 Å². The van der Waals surface area contributed by atoms with Gasteiger partial charge < -0.3 is 9.64 Å². The van der Waals surface area contributed by atoms with Gasteiger partial charge in [-0.05, 0) is 32.9 Å². The van der Waals surface area contributed by atoms with Gasteiger partial charge in [-0.1, -0.05) is 0 Å². The molecular formula is C18H21N5O2. The molecule has 1 atom stereocenters. The Kier molecular flexibility index (Phi) is 4.55. The number of amides is 1. The second kappa shape index (κ2) is 6.65. The van der Waals surface area contributed by atoms with Gasteiger partial charge in [-0.25, -0.2) is 4.98 Å². The summed E-state index contributed by atoms with van der Waals surface area (Å²) in [6, 6.07) is 5.15. The van der Waals surface area contributed by atoms with Crippen molar-refractivity contribution in [2.45, 2.75) is 26.8 Å². The predicted octanol–water partition coefficient (Wildman–Crippen LogP) is 1.83. The van der Waals surface area contributed by atoms with Gasteiger partial charge in [0.05, 0.1) is 36.2 Å². The van der Waals surface area contributed by atoms with Crippen molar-refractivity contribution in [3.8, 4) is 6.07 Å². The van der Waals surface area contributed by atoms with Crippen molar-refractivity contribution in [3.63, 3.8) is 0 Å². The topological polar surface area (TPSA) is 84.0 Å². The van der Waals surface area contributed by atoms with E-state index in [0.717, 1.165) is 17.0 Å². The second-order valence-electron chi connectivity index (χ2n) is 6.24. The molecule has 2 aromatic heterocycles. The largest absolute Gasteiger partial charge is 0.377 e. The van der Waals surface area contributed by atoms with Crippen LogP contribution in [0.2, 0.25) is 0 Å². The quantitative estimate of drug-likeness (QED) is 0.833. The minimum absolute atomic E-state index is 0.149. The fourth-order valence-corrected chi connectivity index (χ4v) is 3.30. The highest BCUT2D eigenvalue weighted by atomic mass is 16.5. The maximum Gasteiger partial charge on any atom is 0.273 e. The third-order valence-electron chi connectivity index (χ3n) is 4.71. The summed E-state index contributed by atoms with van der Waals surface area (Å²) in [6.07, 6.45) is 0.